The Kier molecular flexibility index (Phi) is 5.02. The van der Waals surface area contributed by atoms with Crippen LogP contribution in [0.5, 0.6) is 0 Å². The van der Waals surface area contributed by atoms with Crippen LogP contribution in [0.4, 0.5) is 5.82 Å². The molecule has 2 rings (SSSR count). The Morgan fingerprint density at radius 1 is 1.26 bits per heavy atom. The van der Waals surface area contributed by atoms with Gasteiger partial charge >= 0.3 is 0 Å². The maximum absolute atomic E-state index is 6.00. The highest BCUT2D eigenvalue weighted by atomic mass is 79.9. The van der Waals surface area contributed by atoms with Gasteiger partial charge in [-0.3, -0.25) is 5.10 Å². The van der Waals surface area contributed by atoms with Crippen molar-refractivity contribution in [2.75, 3.05) is 5.73 Å². The van der Waals surface area contributed by atoms with Crippen molar-refractivity contribution >= 4 is 21.7 Å². The third-order valence-electron chi connectivity index (χ3n) is 3.26. The Labute approximate surface area is 122 Å². The third-order valence-corrected chi connectivity index (χ3v) is 3.76. The van der Waals surface area contributed by atoms with Crippen molar-refractivity contribution in [1.29, 1.82) is 0 Å². The number of rotatable bonds is 6. The number of halogens is 1. The monoisotopic (exact) mass is 321 g/mol. The zero-order valence-electron chi connectivity index (χ0n) is 11.2. The van der Waals surface area contributed by atoms with Crippen LogP contribution in [0.2, 0.25) is 0 Å². The van der Waals surface area contributed by atoms with Gasteiger partial charge in [0.2, 0.25) is 0 Å². The molecule has 1 aromatic carbocycles. The van der Waals surface area contributed by atoms with Gasteiger partial charge in [0.05, 0.1) is 0 Å². The summed E-state index contributed by atoms with van der Waals surface area (Å²) < 4.78 is 1.06. The lowest BCUT2D eigenvalue weighted by atomic mass is 10.0. The zero-order chi connectivity index (χ0) is 13.7. The highest BCUT2D eigenvalue weighted by molar-refractivity contribution is 9.10. The Morgan fingerprint density at radius 2 is 2.11 bits per heavy atom. The van der Waals surface area contributed by atoms with E-state index in [2.05, 4.69) is 45.2 Å². The van der Waals surface area contributed by atoms with Gasteiger partial charge in [0.25, 0.3) is 0 Å². The molecule has 102 valence electrons. The molecule has 19 heavy (non-hydrogen) atoms. The topological polar surface area (TPSA) is 54.7 Å². The molecule has 1 heterocycles. The van der Waals surface area contributed by atoms with Crippen LogP contribution in [0.1, 0.15) is 38.3 Å². The molecule has 0 saturated carbocycles. The van der Waals surface area contributed by atoms with Gasteiger partial charge in [-0.15, -0.1) is 0 Å². The number of aromatic nitrogens is 2. The van der Waals surface area contributed by atoms with E-state index in [0.29, 0.717) is 5.82 Å². The highest BCUT2D eigenvalue weighted by Gasteiger charge is 2.12. The van der Waals surface area contributed by atoms with Crippen LogP contribution in [-0.2, 0) is 6.42 Å². The number of anilines is 1. The van der Waals surface area contributed by atoms with Crippen molar-refractivity contribution in [3.63, 3.8) is 0 Å². The Balaban J connectivity index is 2.18. The number of nitrogens with one attached hydrogen (secondary N) is 1. The summed E-state index contributed by atoms with van der Waals surface area (Å²) in [5.74, 6) is 0.587. The summed E-state index contributed by atoms with van der Waals surface area (Å²) in [5.41, 5.74) is 9.31. The maximum atomic E-state index is 6.00. The molecule has 0 fully saturated rings. The molecule has 0 aliphatic heterocycles. The van der Waals surface area contributed by atoms with Crippen molar-refractivity contribution in [3.8, 4) is 11.1 Å². The van der Waals surface area contributed by atoms with Gasteiger partial charge in [0.15, 0.2) is 5.82 Å². The van der Waals surface area contributed by atoms with Gasteiger partial charge < -0.3 is 5.73 Å². The van der Waals surface area contributed by atoms with E-state index in [4.69, 9.17) is 5.73 Å². The van der Waals surface area contributed by atoms with E-state index in [-0.39, 0.29) is 0 Å². The molecule has 4 heteroatoms. The number of hydrogen-bond donors (Lipinski definition) is 2. The standard InChI is InChI=1S/C15H20BrN3/c1-2-3-4-5-9-13-14(15(17)19-18-13)11-7-6-8-12(16)10-11/h6-8,10H,2-5,9H2,1H3,(H3,17,18,19). The van der Waals surface area contributed by atoms with Crippen molar-refractivity contribution in [2.45, 2.75) is 39.0 Å². The average molecular weight is 322 g/mol. The molecule has 0 atom stereocenters. The second-order valence-electron chi connectivity index (χ2n) is 4.78. The van der Waals surface area contributed by atoms with Crippen LogP contribution in [0.25, 0.3) is 11.1 Å². The maximum Gasteiger partial charge on any atom is 0.153 e. The molecule has 0 spiro atoms. The normalized spacial score (nSPS) is 10.8. The molecule has 0 bridgehead atoms. The smallest absolute Gasteiger partial charge is 0.153 e. The number of hydrogen-bond acceptors (Lipinski definition) is 2. The summed E-state index contributed by atoms with van der Waals surface area (Å²) in [6.45, 7) is 2.22. The van der Waals surface area contributed by atoms with E-state index < -0.39 is 0 Å². The number of nitrogens with two attached hydrogens (primary N) is 1. The number of aryl methyl sites for hydroxylation is 1. The van der Waals surface area contributed by atoms with E-state index in [1.807, 2.05) is 12.1 Å². The van der Waals surface area contributed by atoms with Crippen LogP contribution in [-0.4, -0.2) is 10.2 Å². The molecule has 0 saturated heterocycles. The van der Waals surface area contributed by atoms with Crippen LogP contribution >= 0.6 is 15.9 Å². The van der Waals surface area contributed by atoms with Crippen molar-refractivity contribution in [2.24, 2.45) is 0 Å². The van der Waals surface area contributed by atoms with E-state index in [1.54, 1.807) is 0 Å². The molecule has 1 aromatic heterocycles. The van der Waals surface area contributed by atoms with Gasteiger partial charge in [-0.05, 0) is 30.5 Å². The molecular formula is C15H20BrN3. The minimum atomic E-state index is 0.587. The number of unbranched alkanes of at least 4 members (excludes halogenated alkanes) is 3. The first-order chi connectivity index (χ1) is 9.22. The molecule has 0 amide bonds. The molecule has 2 aromatic rings. The van der Waals surface area contributed by atoms with Gasteiger partial charge in [0, 0.05) is 15.7 Å². The summed E-state index contributed by atoms with van der Waals surface area (Å²) in [7, 11) is 0. The lowest BCUT2D eigenvalue weighted by Crippen LogP contribution is -1.92. The van der Waals surface area contributed by atoms with Crippen molar-refractivity contribution in [1.82, 2.24) is 10.2 Å². The predicted octanol–water partition coefficient (Wildman–Crippen LogP) is 4.54. The molecule has 3 N–H and O–H groups in total. The van der Waals surface area contributed by atoms with E-state index in [9.17, 15) is 0 Å². The number of aromatic amines is 1. The zero-order valence-corrected chi connectivity index (χ0v) is 12.8. The first-order valence-electron chi connectivity index (χ1n) is 6.81. The summed E-state index contributed by atoms with van der Waals surface area (Å²) in [4.78, 5) is 0. The predicted molar refractivity (Wildman–Crippen MR) is 84.0 cm³/mol. The Morgan fingerprint density at radius 3 is 2.84 bits per heavy atom. The molecule has 0 aliphatic rings. The van der Waals surface area contributed by atoms with Crippen molar-refractivity contribution in [3.05, 3.63) is 34.4 Å². The fourth-order valence-electron chi connectivity index (χ4n) is 2.27. The summed E-state index contributed by atoms with van der Waals surface area (Å²) >= 11 is 3.50. The number of nitrogen functional groups attached to an aromatic ring is 1. The second-order valence-corrected chi connectivity index (χ2v) is 5.70. The molecule has 0 aliphatic carbocycles. The van der Waals surface area contributed by atoms with Crippen LogP contribution in [0.15, 0.2) is 28.7 Å². The molecule has 0 unspecified atom stereocenters. The van der Waals surface area contributed by atoms with E-state index >= 15 is 0 Å². The number of nitrogens with zero attached hydrogens (tertiary/aromatic N) is 1. The fourth-order valence-corrected chi connectivity index (χ4v) is 2.67. The summed E-state index contributed by atoms with van der Waals surface area (Å²) in [6.07, 6.45) is 5.98. The Bertz CT molecular complexity index is 534. The van der Waals surface area contributed by atoms with Gasteiger partial charge in [-0.2, -0.15) is 5.10 Å². The van der Waals surface area contributed by atoms with Gasteiger partial charge in [-0.25, -0.2) is 0 Å². The largest absolute Gasteiger partial charge is 0.382 e. The molecular weight excluding hydrogens is 302 g/mol. The quantitative estimate of drug-likeness (QED) is 0.767. The molecule has 3 nitrogen and oxygen atoms in total. The lowest BCUT2D eigenvalue weighted by molar-refractivity contribution is 0.660. The van der Waals surface area contributed by atoms with Crippen LogP contribution in [0.3, 0.4) is 0 Å². The fraction of sp³-hybridized carbons (Fsp3) is 0.400. The van der Waals surface area contributed by atoms with Crippen LogP contribution in [0, 0.1) is 0 Å². The van der Waals surface area contributed by atoms with Crippen LogP contribution < -0.4 is 5.73 Å². The first kappa shape index (κ1) is 14.1. The van der Waals surface area contributed by atoms with Gasteiger partial charge in [-0.1, -0.05) is 54.2 Å². The number of benzene rings is 1. The van der Waals surface area contributed by atoms with Gasteiger partial charge in [0.1, 0.15) is 0 Å². The Hall–Kier alpha value is -1.29. The SMILES string of the molecule is CCCCCCc1[nH]nc(N)c1-c1cccc(Br)c1. The third kappa shape index (κ3) is 3.60. The number of H-pyrrole nitrogens is 1. The van der Waals surface area contributed by atoms with Crippen molar-refractivity contribution < 1.29 is 0 Å². The second kappa shape index (κ2) is 6.75. The summed E-state index contributed by atoms with van der Waals surface area (Å²) in [6, 6.07) is 8.19. The summed E-state index contributed by atoms with van der Waals surface area (Å²) in [5, 5.41) is 7.24. The highest BCUT2D eigenvalue weighted by Crippen LogP contribution is 2.30. The molecule has 0 radical (unpaired) electrons. The lowest BCUT2D eigenvalue weighted by Gasteiger charge is -2.05. The van der Waals surface area contributed by atoms with E-state index in [0.717, 1.165) is 27.7 Å². The average Bonchev–Trinajstić information content (AvgIpc) is 2.76. The minimum Gasteiger partial charge on any atom is -0.382 e. The van der Waals surface area contributed by atoms with E-state index in [1.165, 1.54) is 25.7 Å². The minimum absolute atomic E-state index is 0.587. The first-order valence-corrected chi connectivity index (χ1v) is 7.60.